The van der Waals surface area contributed by atoms with E-state index in [0.717, 1.165) is 10.0 Å². The van der Waals surface area contributed by atoms with Crippen molar-refractivity contribution < 1.29 is 17.9 Å². The average molecular weight is 390 g/mol. The summed E-state index contributed by atoms with van der Waals surface area (Å²) >= 11 is 6.71. The molecule has 1 nitrogen and oxygen atoms in total. The van der Waals surface area contributed by atoms with E-state index in [4.69, 9.17) is 0 Å². The molecule has 18 heavy (non-hydrogen) atoms. The summed E-state index contributed by atoms with van der Waals surface area (Å²) in [5.74, 6) is 0.159. The summed E-state index contributed by atoms with van der Waals surface area (Å²) in [6, 6.07) is 7.75. The van der Waals surface area contributed by atoms with Crippen LogP contribution in [0.3, 0.4) is 0 Å². The molecule has 0 aliphatic heterocycles. The third-order valence-electron chi connectivity index (χ3n) is 2.40. The second-order valence-corrected chi connectivity index (χ2v) is 5.42. The summed E-state index contributed by atoms with van der Waals surface area (Å²) in [7, 11) is 0. The molecule has 0 N–H and O–H groups in total. The van der Waals surface area contributed by atoms with Gasteiger partial charge in [-0.05, 0) is 30.0 Å². The minimum Gasteiger partial charge on any atom is -0.372 e. The second kappa shape index (κ2) is 7.50. The topological polar surface area (TPSA) is 9.23 Å². The average Bonchev–Trinajstić information content (AvgIpc) is 2.29. The molecule has 0 saturated carbocycles. The molecule has 0 aromatic heterocycles. The van der Waals surface area contributed by atoms with Crippen LogP contribution in [0.15, 0.2) is 28.7 Å². The number of rotatable bonds is 6. The lowest BCUT2D eigenvalue weighted by molar-refractivity contribution is -0.174. The molecule has 0 aliphatic rings. The summed E-state index contributed by atoms with van der Waals surface area (Å²) in [5, 5.41) is 0.698. The predicted molar refractivity (Wildman–Crippen MR) is 72.2 cm³/mol. The van der Waals surface area contributed by atoms with Crippen molar-refractivity contribution in [2.45, 2.75) is 18.5 Å². The van der Waals surface area contributed by atoms with Gasteiger partial charge in [0.15, 0.2) is 0 Å². The van der Waals surface area contributed by atoms with Crippen molar-refractivity contribution in [2.75, 3.05) is 18.5 Å². The van der Waals surface area contributed by atoms with Gasteiger partial charge in [0.05, 0.1) is 0 Å². The second-order valence-electron chi connectivity index (χ2n) is 3.86. The summed E-state index contributed by atoms with van der Waals surface area (Å²) in [6.07, 6.45) is -3.69. The summed E-state index contributed by atoms with van der Waals surface area (Å²) in [6.45, 7) is -1.08. The lowest BCUT2D eigenvalue weighted by Gasteiger charge is -2.15. The van der Waals surface area contributed by atoms with Gasteiger partial charge in [0, 0.05) is 16.4 Å². The van der Waals surface area contributed by atoms with Crippen molar-refractivity contribution in [2.24, 2.45) is 0 Å². The van der Waals surface area contributed by atoms with Crippen molar-refractivity contribution in [1.82, 2.24) is 0 Å². The third-order valence-corrected chi connectivity index (χ3v) is 3.71. The van der Waals surface area contributed by atoms with Crippen LogP contribution in [0.4, 0.5) is 13.2 Å². The molecular formula is C12H13Br2F3O. The zero-order valence-corrected chi connectivity index (χ0v) is 12.7. The number of alkyl halides is 4. The van der Waals surface area contributed by atoms with Crippen molar-refractivity contribution >= 4 is 31.9 Å². The van der Waals surface area contributed by atoms with Crippen LogP contribution in [0.1, 0.15) is 17.9 Å². The Labute approximate surface area is 121 Å². The fourth-order valence-corrected chi connectivity index (χ4v) is 2.44. The van der Waals surface area contributed by atoms with Crippen LogP contribution in [0.2, 0.25) is 0 Å². The van der Waals surface area contributed by atoms with Gasteiger partial charge in [-0.15, -0.1) is 0 Å². The van der Waals surface area contributed by atoms with Crippen LogP contribution in [-0.2, 0) is 4.74 Å². The highest BCUT2D eigenvalue weighted by molar-refractivity contribution is 9.10. The highest BCUT2D eigenvalue weighted by Gasteiger charge is 2.27. The Hall–Kier alpha value is -0.0700. The first-order chi connectivity index (χ1) is 8.42. The summed E-state index contributed by atoms with van der Waals surface area (Å²) in [4.78, 5) is 0. The predicted octanol–water partition coefficient (Wildman–Crippen LogP) is 4.90. The van der Waals surface area contributed by atoms with Gasteiger partial charge in [-0.1, -0.05) is 44.0 Å². The van der Waals surface area contributed by atoms with Gasteiger partial charge in [0.2, 0.25) is 0 Å². The molecule has 0 amide bonds. The first-order valence-electron chi connectivity index (χ1n) is 5.38. The van der Waals surface area contributed by atoms with Crippen molar-refractivity contribution in [1.29, 1.82) is 0 Å². The van der Waals surface area contributed by atoms with Crippen LogP contribution in [0.25, 0.3) is 0 Å². The maximum atomic E-state index is 11.9. The molecule has 0 spiro atoms. The maximum Gasteiger partial charge on any atom is 0.411 e. The van der Waals surface area contributed by atoms with Crippen molar-refractivity contribution in [3.63, 3.8) is 0 Å². The largest absolute Gasteiger partial charge is 0.411 e. The van der Waals surface area contributed by atoms with E-state index in [-0.39, 0.29) is 12.5 Å². The van der Waals surface area contributed by atoms with Crippen molar-refractivity contribution in [3.05, 3.63) is 34.3 Å². The number of ether oxygens (including phenoxy) is 1. The van der Waals surface area contributed by atoms with E-state index in [2.05, 4.69) is 36.6 Å². The lowest BCUT2D eigenvalue weighted by Crippen LogP contribution is -2.18. The van der Waals surface area contributed by atoms with Crippen LogP contribution >= 0.6 is 31.9 Å². The molecule has 0 heterocycles. The normalized spacial score (nSPS) is 13.6. The van der Waals surface area contributed by atoms with Gasteiger partial charge in [-0.25, -0.2) is 0 Å². The molecule has 1 rings (SSSR count). The zero-order chi connectivity index (χ0) is 13.6. The molecule has 1 atom stereocenters. The van der Waals surface area contributed by atoms with E-state index >= 15 is 0 Å². The Kier molecular flexibility index (Phi) is 6.66. The van der Waals surface area contributed by atoms with Gasteiger partial charge in [-0.3, -0.25) is 0 Å². The van der Waals surface area contributed by atoms with E-state index in [9.17, 15) is 13.2 Å². The van der Waals surface area contributed by atoms with Crippen LogP contribution in [-0.4, -0.2) is 24.7 Å². The van der Waals surface area contributed by atoms with E-state index < -0.39 is 12.8 Å². The van der Waals surface area contributed by atoms with Crippen LogP contribution in [0, 0.1) is 0 Å². The van der Waals surface area contributed by atoms with Crippen molar-refractivity contribution in [3.8, 4) is 0 Å². The molecule has 0 aliphatic carbocycles. The number of hydrogen-bond acceptors (Lipinski definition) is 1. The number of benzene rings is 1. The highest BCUT2D eigenvalue weighted by Crippen LogP contribution is 2.24. The molecule has 1 aromatic rings. The summed E-state index contributed by atoms with van der Waals surface area (Å²) in [5.41, 5.74) is 1.09. The third kappa shape index (κ3) is 6.20. The first kappa shape index (κ1) is 16.0. The minimum absolute atomic E-state index is 0.103. The first-order valence-corrected chi connectivity index (χ1v) is 7.30. The smallest absolute Gasteiger partial charge is 0.372 e. The molecule has 6 heteroatoms. The standard InChI is InChI=1S/C12H13Br2F3O/c13-7-10(5-6-18-8-12(15,16)17)9-1-3-11(14)4-2-9/h1-4,10H,5-8H2. The molecule has 0 saturated heterocycles. The molecule has 1 aromatic carbocycles. The van der Waals surface area contributed by atoms with Gasteiger partial charge < -0.3 is 4.74 Å². The van der Waals surface area contributed by atoms with Crippen LogP contribution in [0.5, 0.6) is 0 Å². The summed E-state index contributed by atoms with van der Waals surface area (Å²) < 4.78 is 41.3. The Balaban J connectivity index is 2.40. The van der Waals surface area contributed by atoms with E-state index in [0.29, 0.717) is 11.8 Å². The zero-order valence-electron chi connectivity index (χ0n) is 9.51. The maximum absolute atomic E-state index is 11.9. The fourth-order valence-electron chi connectivity index (χ4n) is 1.48. The van der Waals surface area contributed by atoms with Crippen LogP contribution < -0.4 is 0 Å². The fraction of sp³-hybridized carbons (Fsp3) is 0.500. The Morgan fingerprint density at radius 3 is 2.28 bits per heavy atom. The molecule has 1 unspecified atom stereocenters. The Bertz CT molecular complexity index is 351. The SMILES string of the molecule is FC(F)(F)COCCC(CBr)c1ccc(Br)cc1. The van der Waals surface area contributed by atoms with E-state index in [1.807, 2.05) is 24.3 Å². The molecular weight excluding hydrogens is 377 g/mol. The molecule has 102 valence electrons. The van der Waals surface area contributed by atoms with E-state index in [1.54, 1.807) is 0 Å². The monoisotopic (exact) mass is 388 g/mol. The Morgan fingerprint density at radius 1 is 1.17 bits per heavy atom. The Morgan fingerprint density at radius 2 is 1.78 bits per heavy atom. The minimum atomic E-state index is -4.25. The van der Waals surface area contributed by atoms with Gasteiger partial charge in [0.25, 0.3) is 0 Å². The van der Waals surface area contributed by atoms with Gasteiger partial charge in [-0.2, -0.15) is 13.2 Å². The number of halogens is 5. The number of hydrogen-bond donors (Lipinski definition) is 0. The van der Waals surface area contributed by atoms with Gasteiger partial charge >= 0.3 is 6.18 Å². The quantitative estimate of drug-likeness (QED) is 0.496. The molecule has 0 fully saturated rings. The highest BCUT2D eigenvalue weighted by atomic mass is 79.9. The van der Waals surface area contributed by atoms with Gasteiger partial charge in [0.1, 0.15) is 6.61 Å². The lowest BCUT2D eigenvalue weighted by atomic mass is 9.98. The van der Waals surface area contributed by atoms with E-state index in [1.165, 1.54) is 0 Å². The molecule has 0 radical (unpaired) electrons. The molecule has 0 bridgehead atoms.